The van der Waals surface area contributed by atoms with E-state index in [1.54, 1.807) is 6.07 Å². The Kier molecular flexibility index (Phi) is 4.03. The van der Waals surface area contributed by atoms with Crippen LogP contribution in [-0.4, -0.2) is 22.4 Å². The minimum absolute atomic E-state index is 0.0885. The van der Waals surface area contributed by atoms with Crippen molar-refractivity contribution in [1.29, 1.82) is 0 Å². The lowest BCUT2D eigenvalue weighted by Gasteiger charge is -1.99. The molecule has 14 heavy (non-hydrogen) atoms. The van der Waals surface area contributed by atoms with Gasteiger partial charge in [-0.05, 0) is 17.7 Å². The van der Waals surface area contributed by atoms with Crippen LogP contribution >= 0.6 is 11.6 Å². The number of halogens is 1. The Morgan fingerprint density at radius 3 is 3.14 bits per heavy atom. The number of hydrogen-bond acceptors (Lipinski definition) is 4. The van der Waals surface area contributed by atoms with Crippen LogP contribution in [0.25, 0.3) is 0 Å². The van der Waals surface area contributed by atoms with Gasteiger partial charge in [-0.3, -0.25) is 4.79 Å². The fraction of sp³-hybridized carbons (Fsp3) is 0.125. The van der Waals surface area contributed by atoms with Crippen molar-refractivity contribution >= 4 is 23.3 Å². The molecule has 0 saturated heterocycles. The zero-order valence-electron chi connectivity index (χ0n) is 7.27. The average Bonchev–Trinajstić information content (AvgIpc) is 2.15. The van der Waals surface area contributed by atoms with Crippen LogP contribution in [0, 0.1) is 0 Å². The molecule has 0 spiro atoms. The Labute approximate surface area is 86.0 Å². The van der Waals surface area contributed by atoms with E-state index in [0.717, 1.165) is 0 Å². The fourth-order valence-corrected chi connectivity index (χ4v) is 0.895. The molecule has 0 atom stereocenters. The molecule has 0 aliphatic heterocycles. The van der Waals surface area contributed by atoms with Gasteiger partial charge in [0.15, 0.2) is 0 Å². The predicted octanol–water partition coefficient (Wildman–Crippen LogP) is 0.583. The summed E-state index contributed by atoms with van der Waals surface area (Å²) in [6.45, 7) is 0.317. The molecule has 6 heteroatoms. The molecular formula is C8H9ClN4O. The van der Waals surface area contributed by atoms with E-state index < -0.39 is 0 Å². The Bertz CT molecular complexity index is 353. The zero-order valence-corrected chi connectivity index (χ0v) is 8.03. The molecule has 1 aromatic rings. The molecule has 74 valence electrons. The Hall–Kier alpha value is -1.46. The minimum atomic E-state index is -0.301. The number of nitrogens with zero attached hydrogens (tertiary/aromatic N) is 2. The van der Waals surface area contributed by atoms with Gasteiger partial charge < -0.3 is 11.1 Å². The predicted molar refractivity (Wildman–Crippen MR) is 53.9 cm³/mol. The Balaban J connectivity index is 2.60. The van der Waals surface area contributed by atoms with E-state index >= 15 is 0 Å². The van der Waals surface area contributed by atoms with Gasteiger partial charge in [0, 0.05) is 18.8 Å². The monoisotopic (exact) mass is 212 g/mol. The number of amides is 1. The third kappa shape index (κ3) is 3.51. The van der Waals surface area contributed by atoms with Crippen molar-refractivity contribution < 1.29 is 4.79 Å². The number of carbonyl (C=O) groups excluding carboxylic acids is 1. The van der Waals surface area contributed by atoms with E-state index in [-0.39, 0.29) is 11.2 Å². The minimum Gasteiger partial charge on any atom is -0.327 e. The summed E-state index contributed by atoms with van der Waals surface area (Å²) in [5.41, 5.74) is 5.18. The summed E-state index contributed by atoms with van der Waals surface area (Å²) in [7, 11) is 0. The van der Waals surface area contributed by atoms with Crippen molar-refractivity contribution in [2.24, 2.45) is 5.73 Å². The molecule has 0 saturated carbocycles. The van der Waals surface area contributed by atoms with E-state index in [0.29, 0.717) is 12.4 Å². The van der Waals surface area contributed by atoms with Crippen LogP contribution in [0.4, 0.5) is 5.82 Å². The Morgan fingerprint density at radius 2 is 2.50 bits per heavy atom. The highest BCUT2D eigenvalue weighted by atomic mass is 35.5. The molecule has 0 aliphatic carbocycles. The molecule has 1 aromatic heterocycles. The molecule has 5 nitrogen and oxygen atoms in total. The second-order valence-electron chi connectivity index (χ2n) is 2.34. The molecule has 0 fully saturated rings. The largest absolute Gasteiger partial charge is 0.327 e. The molecule has 1 heterocycles. The first-order valence-corrected chi connectivity index (χ1v) is 4.26. The first kappa shape index (κ1) is 10.6. The van der Waals surface area contributed by atoms with Crippen molar-refractivity contribution in [1.82, 2.24) is 9.97 Å². The van der Waals surface area contributed by atoms with Crippen molar-refractivity contribution in [2.75, 3.05) is 11.9 Å². The summed E-state index contributed by atoms with van der Waals surface area (Å²) < 4.78 is 0. The second kappa shape index (κ2) is 5.31. The topological polar surface area (TPSA) is 80.9 Å². The van der Waals surface area contributed by atoms with Crippen LogP contribution in [-0.2, 0) is 4.79 Å². The van der Waals surface area contributed by atoms with Crippen molar-refractivity contribution in [3.63, 3.8) is 0 Å². The smallest absolute Gasteiger partial charge is 0.249 e. The van der Waals surface area contributed by atoms with Gasteiger partial charge in [0.2, 0.25) is 11.2 Å². The number of anilines is 1. The van der Waals surface area contributed by atoms with Crippen LogP contribution < -0.4 is 11.1 Å². The van der Waals surface area contributed by atoms with Crippen LogP contribution in [0.5, 0.6) is 0 Å². The summed E-state index contributed by atoms with van der Waals surface area (Å²) in [4.78, 5) is 18.6. The zero-order chi connectivity index (χ0) is 10.4. The van der Waals surface area contributed by atoms with Crippen LogP contribution in [0.15, 0.2) is 24.4 Å². The van der Waals surface area contributed by atoms with Gasteiger partial charge >= 0.3 is 0 Å². The molecule has 3 N–H and O–H groups in total. The molecule has 1 rings (SSSR count). The lowest BCUT2D eigenvalue weighted by Crippen LogP contribution is -2.10. The van der Waals surface area contributed by atoms with Crippen molar-refractivity contribution in [3.05, 3.63) is 29.7 Å². The fourth-order valence-electron chi connectivity index (χ4n) is 0.747. The van der Waals surface area contributed by atoms with Crippen LogP contribution in [0.3, 0.4) is 0 Å². The van der Waals surface area contributed by atoms with Gasteiger partial charge in [0.1, 0.15) is 5.82 Å². The number of aromatic nitrogens is 2. The number of carbonyl (C=O) groups is 1. The second-order valence-corrected chi connectivity index (χ2v) is 2.68. The van der Waals surface area contributed by atoms with E-state index in [4.69, 9.17) is 17.3 Å². The summed E-state index contributed by atoms with van der Waals surface area (Å²) in [5.74, 6) is 0.0573. The first-order chi connectivity index (χ1) is 6.72. The van der Waals surface area contributed by atoms with Crippen LogP contribution in [0.1, 0.15) is 0 Å². The standard InChI is InChI=1S/C8H9ClN4O/c9-8-11-5-3-6(13-8)12-7(14)2-1-4-10/h1-3,5H,4,10H2,(H,11,12,13,14)/b2-1+. The number of nitrogens with two attached hydrogens (primary N) is 1. The average molecular weight is 213 g/mol. The van der Waals surface area contributed by atoms with Crippen molar-refractivity contribution in [3.8, 4) is 0 Å². The summed E-state index contributed by atoms with van der Waals surface area (Å²) in [6.07, 6.45) is 4.33. The summed E-state index contributed by atoms with van der Waals surface area (Å²) in [6, 6.07) is 1.54. The maximum absolute atomic E-state index is 11.1. The number of rotatable bonds is 3. The molecule has 0 aromatic carbocycles. The SMILES string of the molecule is NC/C=C/C(=O)Nc1ccnc(Cl)n1. The summed E-state index contributed by atoms with van der Waals surface area (Å²) >= 11 is 5.52. The molecule has 0 bridgehead atoms. The first-order valence-electron chi connectivity index (χ1n) is 3.88. The van der Waals surface area contributed by atoms with Gasteiger partial charge in [0.05, 0.1) is 0 Å². The number of nitrogens with one attached hydrogen (secondary N) is 1. The lowest BCUT2D eigenvalue weighted by molar-refractivity contribution is -0.111. The molecule has 0 radical (unpaired) electrons. The van der Waals surface area contributed by atoms with Crippen LogP contribution in [0.2, 0.25) is 5.28 Å². The third-order valence-electron chi connectivity index (χ3n) is 1.28. The van der Waals surface area contributed by atoms with Crippen molar-refractivity contribution in [2.45, 2.75) is 0 Å². The maximum Gasteiger partial charge on any atom is 0.249 e. The molecule has 1 amide bonds. The van der Waals surface area contributed by atoms with Gasteiger partial charge in [-0.25, -0.2) is 9.97 Å². The van der Waals surface area contributed by atoms with E-state index in [9.17, 15) is 4.79 Å². The van der Waals surface area contributed by atoms with E-state index in [2.05, 4.69) is 15.3 Å². The quantitative estimate of drug-likeness (QED) is 0.568. The van der Waals surface area contributed by atoms with E-state index in [1.165, 1.54) is 18.3 Å². The molecular weight excluding hydrogens is 204 g/mol. The van der Waals surface area contributed by atoms with Gasteiger partial charge in [-0.15, -0.1) is 0 Å². The van der Waals surface area contributed by atoms with Gasteiger partial charge in [-0.1, -0.05) is 6.08 Å². The lowest BCUT2D eigenvalue weighted by atomic mass is 10.4. The highest BCUT2D eigenvalue weighted by molar-refractivity contribution is 6.28. The Morgan fingerprint density at radius 1 is 1.71 bits per heavy atom. The van der Waals surface area contributed by atoms with Gasteiger partial charge in [-0.2, -0.15) is 0 Å². The highest BCUT2D eigenvalue weighted by Gasteiger charge is 1.99. The normalized spacial score (nSPS) is 10.4. The number of hydrogen-bond donors (Lipinski definition) is 2. The van der Waals surface area contributed by atoms with E-state index in [1.807, 2.05) is 0 Å². The maximum atomic E-state index is 11.1. The highest BCUT2D eigenvalue weighted by Crippen LogP contribution is 2.05. The third-order valence-corrected chi connectivity index (χ3v) is 1.46. The molecule has 0 unspecified atom stereocenters. The summed E-state index contributed by atoms with van der Waals surface area (Å²) in [5, 5.41) is 2.59. The van der Waals surface area contributed by atoms with Gasteiger partial charge in [0.25, 0.3) is 0 Å². The molecule has 0 aliphatic rings.